The normalized spacial score (nSPS) is 25.8. The second-order valence-corrected chi connectivity index (χ2v) is 4.39. The standard InChI is InChI=1S/C12H19N3O/c1-2-9-8-15(7-5-11(9)16)12-10(13)4-3-6-14-12/h3-4,6,9,11,16H,2,5,7-8,13H2,1H3/t9-,11-/m0/s1. The lowest BCUT2D eigenvalue weighted by Crippen LogP contribution is -2.43. The monoisotopic (exact) mass is 221 g/mol. The molecule has 0 aliphatic carbocycles. The molecule has 0 radical (unpaired) electrons. The van der Waals surface area contributed by atoms with Crippen molar-refractivity contribution in [2.24, 2.45) is 5.92 Å². The Morgan fingerprint density at radius 1 is 1.62 bits per heavy atom. The largest absolute Gasteiger partial charge is 0.396 e. The first-order chi connectivity index (χ1) is 7.72. The molecule has 0 unspecified atom stereocenters. The Morgan fingerprint density at radius 2 is 2.44 bits per heavy atom. The highest BCUT2D eigenvalue weighted by Gasteiger charge is 2.27. The summed E-state index contributed by atoms with van der Waals surface area (Å²) in [4.78, 5) is 6.49. The van der Waals surface area contributed by atoms with Crippen LogP contribution in [0.3, 0.4) is 0 Å². The van der Waals surface area contributed by atoms with Crippen molar-refractivity contribution in [1.29, 1.82) is 0 Å². The number of pyridine rings is 1. The number of piperidine rings is 1. The minimum absolute atomic E-state index is 0.175. The SMILES string of the molecule is CC[C@H]1CN(c2ncccc2N)CC[C@@H]1O. The van der Waals surface area contributed by atoms with Crippen molar-refractivity contribution < 1.29 is 5.11 Å². The van der Waals surface area contributed by atoms with Gasteiger partial charge < -0.3 is 15.7 Å². The van der Waals surface area contributed by atoms with Crippen LogP contribution in [-0.4, -0.2) is 29.3 Å². The highest BCUT2D eigenvalue weighted by molar-refractivity contribution is 5.62. The molecular formula is C12H19N3O. The molecule has 0 aromatic carbocycles. The summed E-state index contributed by atoms with van der Waals surface area (Å²) in [5, 5.41) is 9.82. The van der Waals surface area contributed by atoms with E-state index in [1.54, 1.807) is 6.20 Å². The summed E-state index contributed by atoms with van der Waals surface area (Å²) < 4.78 is 0. The lowest BCUT2D eigenvalue weighted by atomic mass is 9.92. The molecule has 4 nitrogen and oxygen atoms in total. The predicted molar refractivity (Wildman–Crippen MR) is 65.3 cm³/mol. The number of hydrogen-bond donors (Lipinski definition) is 2. The van der Waals surface area contributed by atoms with Crippen LogP contribution in [0.5, 0.6) is 0 Å². The molecule has 1 saturated heterocycles. The Bertz CT molecular complexity index is 356. The lowest BCUT2D eigenvalue weighted by molar-refractivity contribution is 0.0858. The Balaban J connectivity index is 2.14. The molecular weight excluding hydrogens is 202 g/mol. The van der Waals surface area contributed by atoms with E-state index in [9.17, 15) is 5.11 Å². The average Bonchev–Trinajstić information content (AvgIpc) is 2.31. The van der Waals surface area contributed by atoms with Gasteiger partial charge in [-0.15, -0.1) is 0 Å². The van der Waals surface area contributed by atoms with E-state index in [1.807, 2.05) is 12.1 Å². The Labute approximate surface area is 96.1 Å². The lowest BCUT2D eigenvalue weighted by Gasteiger charge is -2.36. The van der Waals surface area contributed by atoms with Gasteiger partial charge in [-0.2, -0.15) is 0 Å². The summed E-state index contributed by atoms with van der Waals surface area (Å²) in [6.07, 6.45) is 3.38. The zero-order valence-electron chi connectivity index (χ0n) is 9.63. The van der Waals surface area contributed by atoms with Crippen LogP contribution in [-0.2, 0) is 0 Å². The molecule has 88 valence electrons. The van der Waals surface area contributed by atoms with Gasteiger partial charge in [0.25, 0.3) is 0 Å². The van der Waals surface area contributed by atoms with E-state index in [4.69, 9.17) is 5.73 Å². The van der Waals surface area contributed by atoms with Crippen LogP contribution in [0.4, 0.5) is 11.5 Å². The maximum atomic E-state index is 9.82. The van der Waals surface area contributed by atoms with Gasteiger partial charge in [0, 0.05) is 25.2 Å². The minimum Gasteiger partial charge on any atom is -0.396 e. The third-order valence-electron chi connectivity index (χ3n) is 3.33. The molecule has 0 amide bonds. The van der Waals surface area contributed by atoms with E-state index in [1.165, 1.54) is 0 Å². The first-order valence-corrected chi connectivity index (χ1v) is 5.86. The van der Waals surface area contributed by atoms with Gasteiger partial charge in [-0.05, 0) is 25.0 Å². The highest BCUT2D eigenvalue weighted by Crippen LogP contribution is 2.27. The molecule has 1 aliphatic heterocycles. The van der Waals surface area contributed by atoms with Crippen LogP contribution < -0.4 is 10.6 Å². The first-order valence-electron chi connectivity index (χ1n) is 5.86. The molecule has 1 aromatic rings. The number of aliphatic hydroxyl groups excluding tert-OH is 1. The van der Waals surface area contributed by atoms with Gasteiger partial charge in [0.1, 0.15) is 0 Å². The molecule has 2 atom stereocenters. The van der Waals surface area contributed by atoms with Crippen molar-refractivity contribution in [2.75, 3.05) is 23.7 Å². The van der Waals surface area contributed by atoms with Gasteiger partial charge in [0.2, 0.25) is 0 Å². The molecule has 2 heterocycles. The molecule has 3 N–H and O–H groups in total. The van der Waals surface area contributed by atoms with Crippen LogP contribution in [0.25, 0.3) is 0 Å². The zero-order chi connectivity index (χ0) is 11.5. The summed E-state index contributed by atoms with van der Waals surface area (Å²) in [6, 6.07) is 3.71. The molecule has 0 spiro atoms. The fourth-order valence-electron chi connectivity index (χ4n) is 2.29. The van der Waals surface area contributed by atoms with Crippen molar-refractivity contribution >= 4 is 11.5 Å². The van der Waals surface area contributed by atoms with Crippen LogP contribution in [0.2, 0.25) is 0 Å². The minimum atomic E-state index is -0.175. The summed E-state index contributed by atoms with van der Waals surface area (Å²) in [5.74, 6) is 1.18. The van der Waals surface area contributed by atoms with Crippen molar-refractivity contribution in [2.45, 2.75) is 25.9 Å². The Morgan fingerprint density at radius 3 is 3.12 bits per heavy atom. The zero-order valence-corrected chi connectivity index (χ0v) is 9.63. The van der Waals surface area contributed by atoms with E-state index in [0.29, 0.717) is 11.6 Å². The van der Waals surface area contributed by atoms with Gasteiger partial charge >= 0.3 is 0 Å². The van der Waals surface area contributed by atoms with E-state index in [0.717, 1.165) is 31.7 Å². The van der Waals surface area contributed by atoms with Crippen LogP contribution in [0.15, 0.2) is 18.3 Å². The van der Waals surface area contributed by atoms with E-state index < -0.39 is 0 Å². The highest BCUT2D eigenvalue weighted by atomic mass is 16.3. The smallest absolute Gasteiger partial charge is 0.151 e. The second-order valence-electron chi connectivity index (χ2n) is 4.39. The van der Waals surface area contributed by atoms with E-state index in [2.05, 4.69) is 16.8 Å². The molecule has 0 saturated carbocycles. The number of rotatable bonds is 2. The Hall–Kier alpha value is -1.29. The van der Waals surface area contributed by atoms with Crippen LogP contribution in [0, 0.1) is 5.92 Å². The second kappa shape index (κ2) is 4.70. The molecule has 1 aliphatic rings. The number of aromatic nitrogens is 1. The van der Waals surface area contributed by atoms with Crippen LogP contribution in [0.1, 0.15) is 19.8 Å². The van der Waals surface area contributed by atoms with Gasteiger partial charge in [-0.3, -0.25) is 0 Å². The van der Waals surface area contributed by atoms with Gasteiger partial charge in [-0.25, -0.2) is 4.98 Å². The molecule has 2 rings (SSSR count). The third kappa shape index (κ3) is 2.11. The predicted octanol–water partition coefficient (Wildman–Crippen LogP) is 1.26. The van der Waals surface area contributed by atoms with Crippen molar-refractivity contribution in [1.82, 2.24) is 4.98 Å². The number of hydrogen-bond acceptors (Lipinski definition) is 4. The molecule has 1 fully saturated rings. The summed E-state index contributed by atoms with van der Waals surface area (Å²) >= 11 is 0. The molecule has 4 heteroatoms. The van der Waals surface area contributed by atoms with Crippen molar-refractivity contribution in [3.8, 4) is 0 Å². The summed E-state index contributed by atoms with van der Waals surface area (Å²) in [7, 11) is 0. The topological polar surface area (TPSA) is 62.4 Å². The molecule has 1 aromatic heterocycles. The fraction of sp³-hybridized carbons (Fsp3) is 0.583. The number of nitrogens with zero attached hydrogens (tertiary/aromatic N) is 2. The maximum absolute atomic E-state index is 9.82. The summed E-state index contributed by atoms with van der Waals surface area (Å²) in [6.45, 7) is 3.79. The van der Waals surface area contributed by atoms with E-state index in [-0.39, 0.29) is 6.10 Å². The molecule has 0 bridgehead atoms. The molecule has 16 heavy (non-hydrogen) atoms. The maximum Gasteiger partial charge on any atom is 0.151 e. The number of nitrogen functional groups attached to an aromatic ring is 1. The quantitative estimate of drug-likeness (QED) is 0.789. The number of aliphatic hydroxyl groups is 1. The Kier molecular flexibility index (Phi) is 3.29. The fourth-order valence-corrected chi connectivity index (χ4v) is 2.29. The van der Waals surface area contributed by atoms with Gasteiger partial charge in [0.15, 0.2) is 5.82 Å². The van der Waals surface area contributed by atoms with Crippen molar-refractivity contribution in [3.63, 3.8) is 0 Å². The number of anilines is 2. The van der Waals surface area contributed by atoms with Gasteiger partial charge in [0.05, 0.1) is 11.8 Å². The van der Waals surface area contributed by atoms with E-state index >= 15 is 0 Å². The van der Waals surface area contributed by atoms with Crippen LogP contribution >= 0.6 is 0 Å². The average molecular weight is 221 g/mol. The first kappa shape index (κ1) is 11.2. The van der Waals surface area contributed by atoms with Gasteiger partial charge in [-0.1, -0.05) is 6.92 Å². The van der Waals surface area contributed by atoms with Crippen molar-refractivity contribution in [3.05, 3.63) is 18.3 Å². The number of nitrogens with two attached hydrogens (primary N) is 1. The third-order valence-corrected chi connectivity index (χ3v) is 3.33. The summed E-state index contributed by atoms with van der Waals surface area (Å²) in [5.41, 5.74) is 6.62.